The van der Waals surface area contributed by atoms with E-state index in [-0.39, 0.29) is 17.1 Å². The summed E-state index contributed by atoms with van der Waals surface area (Å²) < 4.78 is 13.6. The van der Waals surface area contributed by atoms with Crippen LogP contribution in [0.2, 0.25) is 10.0 Å². The van der Waals surface area contributed by atoms with E-state index in [1.807, 2.05) is 0 Å². The van der Waals surface area contributed by atoms with Crippen LogP contribution >= 0.6 is 35.4 Å². The predicted molar refractivity (Wildman–Crippen MR) is 136 cm³/mol. The number of hydrogen-bond acceptors (Lipinski definition) is 4. The van der Waals surface area contributed by atoms with Gasteiger partial charge in [-0.3, -0.25) is 24.7 Å². The Labute approximate surface area is 215 Å². The smallest absolute Gasteiger partial charge is 0.269 e. The van der Waals surface area contributed by atoms with Crippen LogP contribution in [0.15, 0.2) is 72.8 Å². The molecule has 3 amide bonds. The van der Waals surface area contributed by atoms with Crippen LogP contribution in [0.25, 0.3) is 0 Å². The number of hydrazine groups is 1. The van der Waals surface area contributed by atoms with E-state index in [2.05, 4.69) is 10.7 Å². The first-order chi connectivity index (χ1) is 16.7. The number of anilines is 2. The molecule has 0 bridgehead atoms. The SMILES string of the molecule is O=C(C[C@@H]1C(=O)N(c2ccc(Cl)cc2)C(=S)N1NC(=O)c1cccc(F)c1)Nc1ccc(Cl)cc1. The van der Waals surface area contributed by atoms with Gasteiger partial charge in [-0.15, -0.1) is 0 Å². The van der Waals surface area contributed by atoms with E-state index in [9.17, 15) is 18.8 Å². The van der Waals surface area contributed by atoms with Crippen molar-refractivity contribution >= 4 is 69.6 Å². The summed E-state index contributed by atoms with van der Waals surface area (Å²) in [7, 11) is 0. The lowest BCUT2D eigenvalue weighted by atomic mass is 10.1. The van der Waals surface area contributed by atoms with E-state index < -0.39 is 29.6 Å². The number of carbonyl (C=O) groups excluding carboxylic acids is 3. The molecule has 0 radical (unpaired) electrons. The molecule has 0 spiro atoms. The van der Waals surface area contributed by atoms with E-state index >= 15 is 0 Å². The highest BCUT2D eigenvalue weighted by molar-refractivity contribution is 7.80. The number of nitrogens with one attached hydrogen (secondary N) is 2. The third kappa shape index (κ3) is 5.59. The minimum Gasteiger partial charge on any atom is -0.326 e. The summed E-state index contributed by atoms with van der Waals surface area (Å²) >= 11 is 17.3. The van der Waals surface area contributed by atoms with E-state index in [0.717, 1.165) is 11.1 Å². The van der Waals surface area contributed by atoms with Crippen molar-refractivity contribution in [3.63, 3.8) is 0 Å². The van der Waals surface area contributed by atoms with Crippen molar-refractivity contribution in [3.8, 4) is 0 Å². The van der Waals surface area contributed by atoms with Crippen LogP contribution in [-0.2, 0) is 9.59 Å². The molecule has 3 aromatic rings. The van der Waals surface area contributed by atoms with Crippen molar-refractivity contribution in [1.29, 1.82) is 0 Å². The molecular formula is C24H17Cl2FN4O3S. The molecule has 0 aromatic heterocycles. The Morgan fingerprint density at radius 1 is 0.971 bits per heavy atom. The Morgan fingerprint density at radius 3 is 2.23 bits per heavy atom. The zero-order valence-corrected chi connectivity index (χ0v) is 20.2. The van der Waals surface area contributed by atoms with E-state index in [4.69, 9.17) is 35.4 Å². The number of hydrogen-bond donors (Lipinski definition) is 2. The van der Waals surface area contributed by atoms with Crippen molar-refractivity contribution in [1.82, 2.24) is 10.4 Å². The molecule has 1 heterocycles. The van der Waals surface area contributed by atoms with Gasteiger partial charge in [-0.2, -0.15) is 0 Å². The molecule has 1 atom stereocenters. The van der Waals surface area contributed by atoms with Gasteiger partial charge in [0.1, 0.15) is 11.9 Å². The summed E-state index contributed by atoms with van der Waals surface area (Å²) in [5.74, 6) is -2.31. The van der Waals surface area contributed by atoms with Crippen LogP contribution in [-0.4, -0.2) is 33.9 Å². The topological polar surface area (TPSA) is 81.8 Å². The number of halogens is 3. The fourth-order valence-corrected chi connectivity index (χ4v) is 4.07. The average Bonchev–Trinajstić information content (AvgIpc) is 3.05. The Bertz CT molecular complexity index is 1300. The Morgan fingerprint density at radius 2 is 1.60 bits per heavy atom. The lowest BCUT2D eigenvalue weighted by Crippen LogP contribution is -2.49. The van der Waals surface area contributed by atoms with Gasteiger partial charge in [0.25, 0.3) is 11.8 Å². The van der Waals surface area contributed by atoms with Gasteiger partial charge in [0, 0.05) is 21.3 Å². The normalized spacial score (nSPS) is 15.3. The fraction of sp³-hybridized carbons (Fsp3) is 0.0833. The van der Waals surface area contributed by atoms with Crippen molar-refractivity contribution in [2.75, 3.05) is 10.2 Å². The number of amides is 3. The van der Waals surface area contributed by atoms with Gasteiger partial charge in [-0.25, -0.2) is 9.40 Å². The first-order valence-electron chi connectivity index (χ1n) is 10.3. The lowest BCUT2D eigenvalue weighted by molar-refractivity contribution is -0.124. The molecule has 1 aliphatic heterocycles. The summed E-state index contributed by atoms with van der Waals surface area (Å²) in [6.07, 6.45) is -0.324. The summed E-state index contributed by atoms with van der Waals surface area (Å²) in [5.41, 5.74) is 3.46. The van der Waals surface area contributed by atoms with Gasteiger partial charge in [-0.05, 0) is 78.9 Å². The molecule has 0 saturated carbocycles. The van der Waals surface area contributed by atoms with Crippen molar-refractivity contribution in [3.05, 3.63) is 94.2 Å². The molecule has 11 heteroatoms. The van der Waals surface area contributed by atoms with E-state index in [0.29, 0.717) is 21.4 Å². The van der Waals surface area contributed by atoms with Crippen molar-refractivity contribution < 1.29 is 18.8 Å². The van der Waals surface area contributed by atoms with Gasteiger partial charge in [-0.1, -0.05) is 29.3 Å². The largest absolute Gasteiger partial charge is 0.326 e. The molecule has 0 aliphatic carbocycles. The molecule has 7 nitrogen and oxygen atoms in total. The number of carbonyl (C=O) groups is 3. The molecule has 178 valence electrons. The van der Waals surface area contributed by atoms with Crippen LogP contribution in [0, 0.1) is 5.82 Å². The minimum absolute atomic E-state index is 0.0227. The second-order valence-electron chi connectivity index (χ2n) is 7.53. The first-order valence-corrected chi connectivity index (χ1v) is 11.4. The summed E-state index contributed by atoms with van der Waals surface area (Å²) in [5, 5.41) is 4.74. The van der Waals surface area contributed by atoms with Gasteiger partial charge < -0.3 is 5.32 Å². The number of thiocarbonyl (C=S) groups is 1. The maximum atomic E-state index is 13.6. The fourth-order valence-electron chi connectivity index (χ4n) is 3.45. The summed E-state index contributed by atoms with van der Waals surface area (Å²) in [6, 6.07) is 16.7. The van der Waals surface area contributed by atoms with Crippen LogP contribution in [0.5, 0.6) is 0 Å². The standard InChI is InChI=1S/C24H17Cl2FN4O3S/c25-15-4-8-18(9-5-15)28-21(32)13-20-23(34)30(19-10-6-16(26)7-11-19)24(35)31(20)29-22(33)14-2-1-3-17(27)12-14/h1-12,20H,13H2,(H,28,32)(H,29,33)/t20-/m1/s1. The van der Waals surface area contributed by atoms with Gasteiger partial charge in [0.2, 0.25) is 11.0 Å². The van der Waals surface area contributed by atoms with Gasteiger partial charge in [0.05, 0.1) is 12.1 Å². The molecular weight excluding hydrogens is 514 g/mol. The van der Waals surface area contributed by atoms with Crippen LogP contribution < -0.4 is 15.6 Å². The van der Waals surface area contributed by atoms with Crippen LogP contribution in [0.4, 0.5) is 15.8 Å². The maximum Gasteiger partial charge on any atom is 0.269 e. The molecule has 1 saturated heterocycles. The molecule has 1 fully saturated rings. The number of nitrogens with zero attached hydrogens (tertiary/aromatic N) is 2. The van der Waals surface area contributed by atoms with Crippen molar-refractivity contribution in [2.24, 2.45) is 0 Å². The maximum absolute atomic E-state index is 13.6. The summed E-state index contributed by atoms with van der Waals surface area (Å²) in [6.45, 7) is 0. The van der Waals surface area contributed by atoms with Gasteiger partial charge in [0.15, 0.2) is 0 Å². The third-order valence-electron chi connectivity index (χ3n) is 5.11. The molecule has 35 heavy (non-hydrogen) atoms. The molecule has 0 unspecified atom stereocenters. The highest BCUT2D eigenvalue weighted by Crippen LogP contribution is 2.28. The second kappa shape index (κ2) is 10.4. The highest BCUT2D eigenvalue weighted by Gasteiger charge is 2.45. The zero-order chi connectivity index (χ0) is 25.1. The van der Waals surface area contributed by atoms with Gasteiger partial charge >= 0.3 is 0 Å². The van der Waals surface area contributed by atoms with E-state index in [1.54, 1.807) is 48.5 Å². The molecule has 1 aliphatic rings. The lowest BCUT2D eigenvalue weighted by Gasteiger charge is -2.24. The van der Waals surface area contributed by atoms with Crippen LogP contribution in [0.1, 0.15) is 16.8 Å². The first kappa shape index (κ1) is 24.6. The average molecular weight is 531 g/mol. The zero-order valence-electron chi connectivity index (χ0n) is 17.9. The number of rotatable bonds is 6. The molecule has 4 rings (SSSR count). The Balaban J connectivity index is 1.60. The number of benzene rings is 3. The van der Waals surface area contributed by atoms with Crippen LogP contribution in [0.3, 0.4) is 0 Å². The minimum atomic E-state index is -1.15. The van der Waals surface area contributed by atoms with E-state index in [1.165, 1.54) is 23.1 Å². The van der Waals surface area contributed by atoms with Crippen molar-refractivity contribution in [2.45, 2.75) is 12.5 Å². The third-order valence-corrected chi connectivity index (χ3v) is 6.00. The quantitative estimate of drug-likeness (QED) is 0.447. The monoisotopic (exact) mass is 530 g/mol. The Kier molecular flexibility index (Phi) is 7.30. The highest BCUT2D eigenvalue weighted by atomic mass is 35.5. The molecule has 3 aromatic carbocycles. The second-order valence-corrected chi connectivity index (χ2v) is 8.77. The summed E-state index contributed by atoms with van der Waals surface area (Å²) in [4.78, 5) is 40.2. The molecule has 2 N–H and O–H groups in total. The predicted octanol–water partition coefficient (Wildman–Crippen LogP) is 4.81. The Hall–Kier alpha value is -3.53.